The molecule has 1 rings (SSSR count). The van der Waals surface area contributed by atoms with Gasteiger partial charge in [0.2, 0.25) is 10.0 Å². The summed E-state index contributed by atoms with van der Waals surface area (Å²) >= 11 is 0. The van der Waals surface area contributed by atoms with Gasteiger partial charge in [-0.25, -0.2) is 17.9 Å². The summed E-state index contributed by atoms with van der Waals surface area (Å²) in [6, 6.07) is 4.09. The molecule has 0 saturated heterocycles. The molecule has 0 aliphatic heterocycles. The molecule has 0 atom stereocenters. The van der Waals surface area contributed by atoms with E-state index in [0.29, 0.717) is 12.2 Å². The van der Waals surface area contributed by atoms with E-state index >= 15 is 0 Å². The standard InChI is InChI=1S/C15H24N2O4S/c1-5-6-9-16-22(20,21)11-7-8-13(17-15(2,3)4)12(10-11)14(18)19/h7-8,10,16-17H,5-6,9H2,1-4H3,(H,18,19). The van der Waals surface area contributed by atoms with Crippen LogP contribution in [0.4, 0.5) is 5.69 Å². The second kappa shape index (κ2) is 7.11. The number of anilines is 1. The Hall–Kier alpha value is -1.60. The molecule has 0 heterocycles. The maximum atomic E-state index is 12.2. The molecule has 0 aromatic heterocycles. The Bertz CT molecular complexity index is 633. The van der Waals surface area contributed by atoms with Crippen molar-refractivity contribution >= 4 is 21.7 Å². The molecule has 0 amide bonds. The van der Waals surface area contributed by atoms with E-state index in [2.05, 4.69) is 10.0 Å². The predicted molar refractivity (Wildman–Crippen MR) is 86.9 cm³/mol. The molecule has 22 heavy (non-hydrogen) atoms. The summed E-state index contributed by atoms with van der Waals surface area (Å²) in [5, 5.41) is 12.4. The number of aromatic carboxylic acids is 1. The van der Waals surface area contributed by atoms with Gasteiger partial charge in [0.15, 0.2) is 0 Å². The number of carboxylic acids is 1. The molecule has 6 nitrogen and oxygen atoms in total. The molecule has 1 aromatic carbocycles. The van der Waals surface area contributed by atoms with Crippen LogP contribution in [-0.4, -0.2) is 31.6 Å². The van der Waals surface area contributed by atoms with Crippen molar-refractivity contribution < 1.29 is 18.3 Å². The second-order valence-corrected chi connectivity index (χ2v) is 7.91. The summed E-state index contributed by atoms with van der Waals surface area (Å²) in [6.45, 7) is 7.99. The molecule has 0 unspecified atom stereocenters. The molecule has 0 aliphatic rings. The summed E-state index contributed by atoms with van der Waals surface area (Å²) in [4.78, 5) is 11.4. The van der Waals surface area contributed by atoms with E-state index in [9.17, 15) is 18.3 Å². The minimum absolute atomic E-state index is 0.0412. The molecular formula is C15H24N2O4S. The third-order valence-electron chi connectivity index (χ3n) is 2.86. The Balaban J connectivity index is 3.15. The summed E-state index contributed by atoms with van der Waals surface area (Å²) in [5.74, 6) is -1.17. The molecule has 1 aromatic rings. The summed E-state index contributed by atoms with van der Waals surface area (Å²) in [7, 11) is -3.69. The van der Waals surface area contributed by atoms with Gasteiger partial charge in [0.05, 0.1) is 10.5 Å². The molecular weight excluding hydrogens is 304 g/mol. The van der Waals surface area contributed by atoms with Crippen LogP contribution >= 0.6 is 0 Å². The molecule has 0 fully saturated rings. The molecule has 0 bridgehead atoms. The summed E-state index contributed by atoms with van der Waals surface area (Å²) in [6.07, 6.45) is 1.60. The first kappa shape index (κ1) is 18.4. The highest BCUT2D eigenvalue weighted by molar-refractivity contribution is 7.89. The zero-order chi connectivity index (χ0) is 17.0. The number of sulfonamides is 1. The lowest BCUT2D eigenvalue weighted by Crippen LogP contribution is -2.28. The number of hydrogen-bond donors (Lipinski definition) is 3. The summed E-state index contributed by atoms with van der Waals surface area (Å²) in [5.41, 5.74) is 0.00468. The Labute approximate surface area is 132 Å². The minimum atomic E-state index is -3.69. The highest BCUT2D eigenvalue weighted by Gasteiger charge is 2.20. The largest absolute Gasteiger partial charge is 0.478 e. The van der Waals surface area contributed by atoms with Gasteiger partial charge in [-0.1, -0.05) is 13.3 Å². The van der Waals surface area contributed by atoms with Gasteiger partial charge in [0.1, 0.15) is 0 Å². The zero-order valence-corrected chi connectivity index (χ0v) is 14.3. The van der Waals surface area contributed by atoms with Crippen molar-refractivity contribution in [1.29, 1.82) is 0 Å². The quantitative estimate of drug-likeness (QED) is 0.669. The van der Waals surface area contributed by atoms with Crippen LogP contribution in [0, 0.1) is 0 Å². The van der Waals surface area contributed by atoms with E-state index in [4.69, 9.17) is 0 Å². The maximum Gasteiger partial charge on any atom is 0.337 e. The summed E-state index contributed by atoms with van der Waals surface area (Å²) < 4.78 is 26.8. The van der Waals surface area contributed by atoms with Crippen molar-refractivity contribution in [1.82, 2.24) is 4.72 Å². The smallest absolute Gasteiger partial charge is 0.337 e. The average Bonchev–Trinajstić information content (AvgIpc) is 2.37. The Kier molecular flexibility index (Phi) is 5.96. The van der Waals surface area contributed by atoms with Gasteiger partial charge in [-0.3, -0.25) is 0 Å². The van der Waals surface area contributed by atoms with Gasteiger partial charge < -0.3 is 10.4 Å². The molecule has 0 aliphatic carbocycles. The second-order valence-electron chi connectivity index (χ2n) is 6.14. The van der Waals surface area contributed by atoms with E-state index in [1.54, 1.807) is 0 Å². The molecule has 7 heteroatoms. The number of unbranched alkanes of at least 4 members (excludes halogenated alkanes) is 1. The van der Waals surface area contributed by atoms with Gasteiger partial charge in [-0.15, -0.1) is 0 Å². The van der Waals surface area contributed by atoms with E-state index in [1.807, 2.05) is 27.7 Å². The number of carbonyl (C=O) groups is 1. The van der Waals surface area contributed by atoms with Crippen LogP contribution in [0.15, 0.2) is 23.1 Å². The van der Waals surface area contributed by atoms with Gasteiger partial charge >= 0.3 is 5.97 Å². The van der Waals surface area contributed by atoms with Gasteiger partial charge in [-0.2, -0.15) is 0 Å². The van der Waals surface area contributed by atoms with Crippen molar-refractivity contribution in [3.05, 3.63) is 23.8 Å². The monoisotopic (exact) mass is 328 g/mol. The van der Waals surface area contributed by atoms with E-state index in [-0.39, 0.29) is 16.0 Å². The number of hydrogen-bond acceptors (Lipinski definition) is 4. The maximum absolute atomic E-state index is 12.2. The fraction of sp³-hybridized carbons (Fsp3) is 0.533. The van der Waals surface area contributed by atoms with Crippen molar-refractivity contribution in [2.45, 2.75) is 51.0 Å². The van der Waals surface area contributed by atoms with Gasteiger partial charge in [-0.05, 0) is 45.4 Å². The highest BCUT2D eigenvalue weighted by Crippen LogP contribution is 2.23. The van der Waals surface area contributed by atoms with Crippen LogP contribution in [0.2, 0.25) is 0 Å². The van der Waals surface area contributed by atoms with Crippen molar-refractivity contribution in [2.75, 3.05) is 11.9 Å². The lowest BCUT2D eigenvalue weighted by atomic mass is 10.1. The van der Waals surface area contributed by atoms with Gasteiger partial charge in [0.25, 0.3) is 0 Å². The topological polar surface area (TPSA) is 95.5 Å². The third-order valence-corrected chi connectivity index (χ3v) is 4.32. The van der Waals surface area contributed by atoms with Crippen LogP contribution < -0.4 is 10.0 Å². The number of nitrogens with one attached hydrogen (secondary N) is 2. The SMILES string of the molecule is CCCCNS(=O)(=O)c1ccc(NC(C)(C)C)c(C(=O)O)c1. The number of carboxylic acid groups (broad SMARTS) is 1. The van der Waals surface area contributed by atoms with E-state index < -0.39 is 16.0 Å². The first-order chi connectivity index (χ1) is 10.1. The minimum Gasteiger partial charge on any atom is -0.478 e. The Morgan fingerprint density at radius 2 is 1.91 bits per heavy atom. The average molecular weight is 328 g/mol. The van der Waals surface area contributed by atoms with E-state index in [0.717, 1.165) is 12.8 Å². The van der Waals surface area contributed by atoms with E-state index in [1.165, 1.54) is 18.2 Å². The molecule has 0 saturated carbocycles. The van der Waals surface area contributed by atoms with Crippen LogP contribution in [0.25, 0.3) is 0 Å². The number of benzene rings is 1. The fourth-order valence-electron chi connectivity index (χ4n) is 1.85. The van der Waals surface area contributed by atoms with Crippen molar-refractivity contribution in [3.63, 3.8) is 0 Å². The van der Waals surface area contributed by atoms with Gasteiger partial charge in [0, 0.05) is 17.8 Å². The zero-order valence-electron chi connectivity index (χ0n) is 13.4. The molecule has 3 N–H and O–H groups in total. The Morgan fingerprint density at radius 3 is 2.41 bits per heavy atom. The van der Waals surface area contributed by atoms with Crippen molar-refractivity contribution in [2.24, 2.45) is 0 Å². The first-order valence-electron chi connectivity index (χ1n) is 7.22. The van der Waals surface area contributed by atoms with Crippen LogP contribution in [-0.2, 0) is 10.0 Å². The predicted octanol–water partition coefficient (Wildman–Crippen LogP) is 2.67. The number of rotatable bonds is 7. The van der Waals surface area contributed by atoms with Crippen LogP contribution in [0.1, 0.15) is 50.9 Å². The normalized spacial score (nSPS) is 12.2. The first-order valence-corrected chi connectivity index (χ1v) is 8.70. The molecule has 0 spiro atoms. The van der Waals surface area contributed by atoms with Crippen LogP contribution in [0.5, 0.6) is 0 Å². The molecule has 124 valence electrons. The fourth-order valence-corrected chi connectivity index (χ4v) is 2.95. The lowest BCUT2D eigenvalue weighted by Gasteiger charge is -2.23. The van der Waals surface area contributed by atoms with Crippen molar-refractivity contribution in [3.8, 4) is 0 Å². The molecule has 0 radical (unpaired) electrons. The third kappa shape index (κ3) is 5.31. The Morgan fingerprint density at radius 1 is 1.27 bits per heavy atom. The lowest BCUT2D eigenvalue weighted by molar-refractivity contribution is 0.0697. The van der Waals surface area contributed by atoms with Crippen LogP contribution in [0.3, 0.4) is 0 Å². The highest BCUT2D eigenvalue weighted by atomic mass is 32.2.